The van der Waals surface area contributed by atoms with E-state index in [1.807, 2.05) is 0 Å². The zero-order chi connectivity index (χ0) is 60.4. The number of ether oxygens (including phenoxy) is 12. The molecule has 17 N–H and O–H groups in total. The average molecular weight is 1230 g/mol. The lowest BCUT2D eigenvalue weighted by molar-refractivity contribution is -0.692. The molecule has 6 fully saturated rings. The van der Waals surface area contributed by atoms with Crippen molar-refractivity contribution in [2.75, 3.05) is 46.2 Å². The van der Waals surface area contributed by atoms with Crippen LogP contribution in [0.3, 0.4) is 0 Å². The summed E-state index contributed by atoms with van der Waals surface area (Å²) in [5.41, 5.74) is 0. The van der Waals surface area contributed by atoms with E-state index >= 15 is 0 Å². The van der Waals surface area contributed by atoms with Crippen molar-refractivity contribution in [3.05, 3.63) is 0 Å². The molecule has 6 aliphatic rings. The minimum atomic E-state index is -5.70. The van der Waals surface area contributed by atoms with Crippen molar-refractivity contribution in [1.29, 1.82) is 0 Å². The van der Waals surface area contributed by atoms with Crippen LogP contribution in [0.4, 0.5) is 0 Å². The van der Waals surface area contributed by atoms with Gasteiger partial charge in [-0.15, -0.1) is 0 Å². The summed E-state index contributed by atoms with van der Waals surface area (Å²) in [6.45, 7) is -4.84. The van der Waals surface area contributed by atoms with Gasteiger partial charge in [-0.05, 0) is 13.3 Å². The fraction of sp³-hybridized carbons (Fsp3) is 0.976. The number of aliphatic hydroxyl groups is 17. The van der Waals surface area contributed by atoms with Crippen molar-refractivity contribution >= 4 is 22.3 Å². The maximum Gasteiger partial charge on any atom is 0.187 e. The van der Waals surface area contributed by atoms with Gasteiger partial charge in [0.05, 0.1) is 62.8 Å². The number of carbonyl (C=O) groups excluding carboxylic acids is 1. The summed E-state index contributed by atoms with van der Waals surface area (Å²) in [5, 5.41) is 194. The van der Waals surface area contributed by atoms with Gasteiger partial charge in [-0.25, -0.2) is 0 Å². The Bertz CT molecular complexity index is 1930. The Labute approximate surface area is 458 Å². The maximum atomic E-state index is 11.8. The molecule has 0 aliphatic carbocycles. The molecule has 40 heteroatoms. The third-order valence-corrected chi connectivity index (χ3v) is 14.1. The Morgan fingerprint density at radius 2 is 0.815 bits per heavy atom. The van der Waals surface area contributed by atoms with Gasteiger partial charge < -0.3 is 182 Å². The van der Waals surface area contributed by atoms with Crippen LogP contribution in [0.15, 0.2) is 0 Å². The SMILES string of the molecule is CC(=O)CCCO[C@@H]1OC(CO[C@H]2OC(CO[C@H]3OC(CO)[C@@H](O)[C@H](O)C3O[C@@H]3OC(CO[O-])[C@@H](O)[C@H](O)C3O)[C@@H](O)[C@H](O)C2O)[C@@H](O)[C@H](O[C@H]2OC(CO)[C@@H](O)[C@H](O)C2O[C@H]2OC(COP(=O)([O-])[O-])[C@@H](O)[C@H](O)C2O)C1O.O=P[O-]. The lowest BCUT2D eigenvalue weighted by atomic mass is 9.96. The molecule has 30 atom stereocenters. The van der Waals surface area contributed by atoms with Gasteiger partial charge in [0.15, 0.2) is 37.7 Å². The number of ketones is 1. The Morgan fingerprint density at radius 1 is 0.457 bits per heavy atom. The first kappa shape index (κ1) is 70.4. The molecule has 0 aromatic heterocycles. The highest BCUT2D eigenvalue weighted by molar-refractivity contribution is 7.43. The van der Waals surface area contributed by atoms with E-state index in [2.05, 4.69) is 9.41 Å². The highest BCUT2D eigenvalue weighted by Crippen LogP contribution is 2.36. The maximum absolute atomic E-state index is 11.8. The van der Waals surface area contributed by atoms with Crippen molar-refractivity contribution in [3.8, 4) is 0 Å². The van der Waals surface area contributed by atoms with Gasteiger partial charge in [0, 0.05) is 6.42 Å². The first-order chi connectivity index (χ1) is 38.1. The van der Waals surface area contributed by atoms with Crippen LogP contribution >= 0.6 is 16.5 Å². The van der Waals surface area contributed by atoms with Crippen LogP contribution in [-0.4, -0.2) is 323 Å². The minimum Gasteiger partial charge on any atom is -0.790 e. The van der Waals surface area contributed by atoms with Crippen LogP contribution in [0.2, 0.25) is 0 Å². The number of carbonyl (C=O) groups is 1. The van der Waals surface area contributed by atoms with E-state index in [0.717, 1.165) is 0 Å². The molecule has 12 unspecified atom stereocenters. The third-order valence-electron chi connectivity index (χ3n) is 13.6. The molecule has 0 amide bonds. The molecule has 38 nitrogen and oxygen atoms in total. The van der Waals surface area contributed by atoms with Gasteiger partial charge >= 0.3 is 0 Å². The number of hydrogen-bond donors (Lipinski definition) is 17. The van der Waals surface area contributed by atoms with E-state index < -0.39 is 240 Å². The molecule has 0 bridgehead atoms. The number of phosphoric ester groups is 1. The minimum absolute atomic E-state index is 0.00939. The predicted molar refractivity (Wildman–Crippen MR) is 236 cm³/mol. The van der Waals surface area contributed by atoms with Crippen LogP contribution in [0, 0.1) is 0 Å². The summed E-state index contributed by atoms with van der Waals surface area (Å²) in [6.07, 6.45) is -59.5. The fourth-order valence-corrected chi connectivity index (χ4v) is 9.44. The number of rotatable bonds is 24. The summed E-state index contributed by atoms with van der Waals surface area (Å²) in [4.78, 5) is 46.0. The molecule has 0 aromatic rings. The third kappa shape index (κ3) is 17.9. The van der Waals surface area contributed by atoms with Gasteiger partial charge in [-0.2, -0.15) is 0 Å². The Kier molecular flexibility index (Phi) is 27.8. The Morgan fingerprint density at radius 3 is 1.27 bits per heavy atom. The molecule has 6 heterocycles. The van der Waals surface area contributed by atoms with Crippen LogP contribution < -0.4 is 19.9 Å². The molecular weight excluding hydrogens is 1160 g/mol. The molecule has 0 spiro atoms. The zero-order valence-electron chi connectivity index (χ0n) is 42.3. The molecule has 6 aliphatic heterocycles. The van der Waals surface area contributed by atoms with E-state index in [0.29, 0.717) is 0 Å². The van der Waals surface area contributed by atoms with E-state index in [1.165, 1.54) is 6.92 Å². The second-order valence-electron chi connectivity index (χ2n) is 19.2. The summed E-state index contributed by atoms with van der Waals surface area (Å²) >= 11 is 0. The van der Waals surface area contributed by atoms with E-state index in [4.69, 9.17) is 66.3 Å². The average Bonchev–Trinajstić information content (AvgIpc) is 3.54. The van der Waals surface area contributed by atoms with Crippen molar-refractivity contribution in [3.63, 3.8) is 0 Å². The van der Waals surface area contributed by atoms with Crippen molar-refractivity contribution in [1.82, 2.24) is 0 Å². The smallest absolute Gasteiger partial charge is 0.187 e. The lowest BCUT2D eigenvalue weighted by Crippen LogP contribution is -2.67. The molecular formula is C41H68O38P2-4. The topological polar surface area (TPSA) is 617 Å². The monoisotopic (exact) mass is 1230 g/mol. The largest absolute Gasteiger partial charge is 0.790 e. The quantitative estimate of drug-likeness (QED) is 0.0185. The van der Waals surface area contributed by atoms with Crippen LogP contribution in [0.5, 0.6) is 0 Å². The molecule has 0 aromatic carbocycles. The number of Topliss-reactive ketones (excluding diaryl/α,β-unsaturated/α-hetero) is 1. The highest BCUT2D eigenvalue weighted by atomic mass is 31.2. The molecule has 0 radical (unpaired) electrons. The van der Waals surface area contributed by atoms with Crippen molar-refractivity contribution < 1.29 is 187 Å². The van der Waals surface area contributed by atoms with Crippen LogP contribution in [0.1, 0.15) is 19.8 Å². The standard InChI is InChI=1S/C41H71O36P.HO2P/c1-11(44)3-2-4-64-37-32(59)33(75-41-35(28(55)19(46)13(6-43)70-41)77-39-31(58)26(53)22(49)17(74-39)10-68-78(61,62)63)23(50)15(72-37)8-65-36-29(56)24(51)20(47)14(71-36)7-66-40-34(27(54)18(45)12(5-42)69-40)76-38-30(57)25(52)21(48)16(73-38)9-67-60;1-3-2/h12-43,45-60H,2-10H2,1H3,(H2,61,62,63);(H,1,2)/p-4/t12?,13?,14?,15?,16?,17?,18-,19-,20-,21-,22-,23-,24+,25+,26+,27+,28+,29?,30?,31?,32?,33+,34?,35?,36+,37-,38+,39-,40+,41-;/m1./s1. The Balaban J connectivity index is 0.00000392. The predicted octanol–water partition coefficient (Wildman–Crippen LogP) is -15.0. The van der Waals surface area contributed by atoms with E-state index in [-0.39, 0.29) is 25.2 Å². The second-order valence-corrected chi connectivity index (χ2v) is 20.5. The van der Waals surface area contributed by atoms with Gasteiger partial charge in [-0.3, -0.25) is 4.57 Å². The second kappa shape index (κ2) is 32.0. The van der Waals surface area contributed by atoms with Crippen LogP contribution in [-0.2, 0) is 80.2 Å². The van der Waals surface area contributed by atoms with Crippen molar-refractivity contribution in [2.45, 2.75) is 204 Å². The van der Waals surface area contributed by atoms with E-state index in [1.54, 1.807) is 0 Å². The molecule has 474 valence electrons. The highest BCUT2D eigenvalue weighted by Gasteiger charge is 2.56. The summed E-state index contributed by atoms with van der Waals surface area (Å²) in [7, 11) is -6.79. The van der Waals surface area contributed by atoms with Gasteiger partial charge in [0.1, 0.15) is 152 Å². The zero-order valence-corrected chi connectivity index (χ0v) is 44.0. The summed E-state index contributed by atoms with van der Waals surface area (Å²) in [6, 6.07) is 0. The van der Waals surface area contributed by atoms with Gasteiger partial charge in [0.25, 0.3) is 0 Å². The lowest BCUT2D eigenvalue weighted by Gasteiger charge is -2.49. The first-order valence-electron chi connectivity index (χ1n) is 24.7. The van der Waals surface area contributed by atoms with Crippen LogP contribution in [0.25, 0.3) is 0 Å². The number of phosphoric acid groups is 1. The number of aliphatic hydroxyl groups excluding tert-OH is 17. The molecule has 6 saturated heterocycles. The van der Waals surface area contributed by atoms with Crippen molar-refractivity contribution in [2.24, 2.45) is 0 Å². The van der Waals surface area contributed by atoms with E-state index in [9.17, 15) is 111 Å². The molecule has 0 saturated carbocycles. The molecule has 81 heavy (non-hydrogen) atoms. The fourth-order valence-electron chi connectivity index (χ4n) is 9.11. The normalized spacial score (nSPS) is 46.2. The summed E-state index contributed by atoms with van der Waals surface area (Å²) < 4.78 is 91.4. The van der Waals surface area contributed by atoms with Gasteiger partial charge in [-0.1, -0.05) is 0 Å². The molecule has 6 rings (SSSR count). The summed E-state index contributed by atoms with van der Waals surface area (Å²) in [5.74, 6) is -0.250. The van der Waals surface area contributed by atoms with Gasteiger partial charge in [0.2, 0.25) is 0 Å². The number of hydrogen-bond acceptors (Lipinski definition) is 38. The Hall–Kier alpha value is -1.40. The first-order valence-corrected chi connectivity index (χ1v) is 26.9.